The Morgan fingerprint density at radius 3 is 2.23 bits per heavy atom. The van der Waals surface area contributed by atoms with Crippen LogP contribution in [0, 0.1) is 0 Å². The molecule has 1 aliphatic rings. The van der Waals surface area contributed by atoms with Gasteiger partial charge in [0.05, 0.1) is 45.3 Å². The second-order valence-electron chi connectivity index (χ2n) is 6.63. The summed E-state index contributed by atoms with van der Waals surface area (Å²) in [4.78, 5) is 25.5. The third-order valence-electron chi connectivity index (χ3n) is 5.14. The summed E-state index contributed by atoms with van der Waals surface area (Å²) in [5, 5.41) is 0.593. The van der Waals surface area contributed by atoms with E-state index in [1.165, 1.54) is 28.4 Å². The molecule has 1 aliphatic heterocycles. The normalized spacial score (nSPS) is 17.2. The van der Waals surface area contributed by atoms with Crippen LogP contribution in [0.15, 0.2) is 45.6 Å². The van der Waals surface area contributed by atoms with Crippen molar-refractivity contribution in [2.75, 3.05) is 28.4 Å². The van der Waals surface area contributed by atoms with Gasteiger partial charge in [-0.1, -0.05) is 12.1 Å². The molecule has 0 aliphatic carbocycles. The maximum atomic E-state index is 12.9. The number of methoxy groups -OCH3 is 4. The number of para-hydroxylation sites is 1. The van der Waals surface area contributed by atoms with Gasteiger partial charge < -0.3 is 28.1 Å². The van der Waals surface area contributed by atoms with E-state index in [0.29, 0.717) is 39.5 Å². The smallest absolute Gasteiger partial charge is 0.348 e. The monoisotopic (exact) mass is 412 g/mol. The number of esters is 1. The van der Waals surface area contributed by atoms with Gasteiger partial charge in [0.2, 0.25) is 11.9 Å². The summed E-state index contributed by atoms with van der Waals surface area (Å²) in [6.07, 6.45) is -1.08. The zero-order chi connectivity index (χ0) is 21.4. The highest BCUT2D eigenvalue weighted by atomic mass is 16.6. The molecule has 4 rings (SSSR count). The van der Waals surface area contributed by atoms with Crippen LogP contribution < -0.4 is 24.6 Å². The quantitative estimate of drug-likeness (QED) is 0.467. The molecule has 2 atom stereocenters. The molecule has 0 saturated carbocycles. The minimum atomic E-state index is -1.08. The topological polar surface area (TPSA) is 93.4 Å². The maximum Gasteiger partial charge on any atom is 0.348 e. The molecule has 0 radical (unpaired) electrons. The number of hydrogen-bond acceptors (Lipinski definition) is 8. The van der Waals surface area contributed by atoms with Crippen molar-refractivity contribution in [1.82, 2.24) is 0 Å². The van der Waals surface area contributed by atoms with Crippen molar-refractivity contribution in [2.45, 2.75) is 12.0 Å². The van der Waals surface area contributed by atoms with Gasteiger partial charge in [0.25, 0.3) is 0 Å². The molecule has 0 bridgehead atoms. The van der Waals surface area contributed by atoms with Gasteiger partial charge in [0.15, 0.2) is 11.5 Å². The van der Waals surface area contributed by atoms with Gasteiger partial charge in [-0.2, -0.15) is 0 Å². The maximum absolute atomic E-state index is 12.9. The van der Waals surface area contributed by atoms with Gasteiger partial charge in [0.1, 0.15) is 11.3 Å². The van der Waals surface area contributed by atoms with Crippen LogP contribution in [-0.4, -0.2) is 40.5 Å². The number of carbonyl (C=O) groups excluding carboxylic acids is 1. The number of fused-ring (bicyclic) bond motifs is 3. The van der Waals surface area contributed by atoms with Gasteiger partial charge in [-0.05, 0) is 29.8 Å². The number of ether oxygens (including phenoxy) is 5. The minimum Gasteiger partial charge on any atom is -0.493 e. The molecule has 0 saturated heterocycles. The van der Waals surface area contributed by atoms with Crippen LogP contribution in [0.25, 0.3) is 11.0 Å². The Balaban J connectivity index is 2.00. The molecule has 0 spiro atoms. The molecule has 2 unspecified atom stereocenters. The summed E-state index contributed by atoms with van der Waals surface area (Å²) in [6, 6.07) is 10.3. The first kappa shape index (κ1) is 19.6. The first-order valence-electron chi connectivity index (χ1n) is 9.14. The lowest BCUT2D eigenvalue weighted by Gasteiger charge is -2.20. The standard InChI is InChI=1S/C22H20O8/c1-25-14-9-11(10-15(26-2)19(14)27-3)16-17-18(30-20(16)22(24)28-4)12-7-5-6-8-13(12)29-21(17)23/h5-10,16,20H,1-4H3. The van der Waals surface area contributed by atoms with Crippen molar-refractivity contribution in [2.24, 2.45) is 0 Å². The van der Waals surface area contributed by atoms with E-state index in [1.807, 2.05) is 0 Å². The van der Waals surface area contributed by atoms with Crippen molar-refractivity contribution < 1.29 is 32.9 Å². The number of benzene rings is 2. The van der Waals surface area contributed by atoms with E-state index in [9.17, 15) is 9.59 Å². The minimum absolute atomic E-state index is 0.235. The average Bonchev–Trinajstić information content (AvgIpc) is 3.19. The van der Waals surface area contributed by atoms with Crippen LogP contribution in [0.4, 0.5) is 0 Å². The van der Waals surface area contributed by atoms with E-state index >= 15 is 0 Å². The highest BCUT2D eigenvalue weighted by Gasteiger charge is 2.45. The molecular formula is C22H20O8. The van der Waals surface area contributed by atoms with Gasteiger partial charge in [-0.15, -0.1) is 0 Å². The van der Waals surface area contributed by atoms with E-state index < -0.39 is 23.6 Å². The fourth-order valence-corrected chi connectivity index (χ4v) is 3.80. The van der Waals surface area contributed by atoms with Gasteiger partial charge >= 0.3 is 11.6 Å². The van der Waals surface area contributed by atoms with Crippen molar-refractivity contribution in [3.8, 4) is 23.0 Å². The highest BCUT2D eigenvalue weighted by molar-refractivity contribution is 5.88. The number of carbonyl (C=O) groups is 1. The van der Waals surface area contributed by atoms with Crippen LogP contribution in [0.3, 0.4) is 0 Å². The van der Waals surface area contributed by atoms with Crippen LogP contribution in [-0.2, 0) is 9.53 Å². The molecule has 156 valence electrons. The summed E-state index contributed by atoms with van der Waals surface area (Å²) in [5.41, 5.74) is 0.573. The summed E-state index contributed by atoms with van der Waals surface area (Å²) in [5.74, 6) is 0.0534. The SMILES string of the molecule is COC(=O)C1Oc2c(c(=O)oc3ccccc23)C1c1cc(OC)c(OC)c(OC)c1. The third kappa shape index (κ3) is 2.92. The molecular weight excluding hydrogens is 392 g/mol. The Kier molecular flexibility index (Phi) is 4.99. The number of hydrogen-bond donors (Lipinski definition) is 0. The molecule has 8 nitrogen and oxygen atoms in total. The zero-order valence-electron chi connectivity index (χ0n) is 16.9. The van der Waals surface area contributed by atoms with Gasteiger partial charge in [-0.25, -0.2) is 9.59 Å². The molecule has 2 heterocycles. The Morgan fingerprint density at radius 1 is 0.967 bits per heavy atom. The largest absolute Gasteiger partial charge is 0.493 e. The molecule has 30 heavy (non-hydrogen) atoms. The summed E-state index contributed by atoms with van der Waals surface area (Å²) < 4.78 is 32.6. The van der Waals surface area contributed by atoms with Crippen molar-refractivity contribution >= 4 is 16.9 Å². The Hall–Kier alpha value is -3.68. The number of rotatable bonds is 5. The highest BCUT2D eigenvalue weighted by Crippen LogP contribution is 2.48. The van der Waals surface area contributed by atoms with E-state index in [2.05, 4.69) is 0 Å². The fourth-order valence-electron chi connectivity index (χ4n) is 3.80. The Morgan fingerprint density at radius 2 is 1.63 bits per heavy atom. The van der Waals surface area contributed by atoms with Crippen LogP contribution in [0.2, 0.25) is 0 Å². The second kappa shape index (κ2) is 7.62. The predicted molar refractivity (Wildman–Crippen MR) is 107 cm³/mol. The molecule has 3 aromatic rings. The fraction of sp³-hybridized carbons (Fsp3) is 0.273. The van der Waals surface area contributed by atoms with E-state index in [0.717, 1.165) is 0 Å². The van der Waals surface area contributed by atoms with Crippen molar-refractivity contribution in [3.05, 3.63) is 57.9 Å². The van der Waals surface area contributed by atoms with Gasteiger partial charge in [0, 0.05) is 0 Å². The summed E-state index contributed by atoms with van der Waals surface area (Å²) >= 11 is 0. The van der Waals surface area contributed by atoms with E-state index in [4.69, 9.17) is 28.1 Å². The van der Waals surface area contributed by atoms with Gasteiger partial charge in [-0.3, -0.25) is 0 Å². The van der Waals surface area contributed by atoms with Crippen LogP contribution in [0.1, 0.15) is 17.0 Å². The Bertz CT molecular complexity index is 1150. The van der Waals surface area contributed by atoms with E-state index in [1.54, 1.807) is 36.4 Å². The lowest BCUT2D eigenvalue weighted by molar-refractivity contribution is -0.148. The Labute approximate surface area is 171 Å². The van der Waals surface area contributed by atoms with Crippen LogP contribution in [0.5, 0.6) is 23.0 Å². The molecule has 0 N–H and O–H groups in total. The molecule has 0 fully saturated rings. The first-order chi connectivity index (χ1) is 14.5. The van der Waals surface area contributed by atoms with Crippen molar-refractivity contribution in [3.63, 3.8) is 0 Å². The third-order valence-corrected chi connectivity index (χ3v) is 5.14. The molecule has 0 amide bonds. The predicted octanol–water partition coefficient (Wildman–Crippen LogP) is 2.88. The molecule has 8 heteroatoms. The lowest BCUT2D eigenvalue weighted by Crippen LogP contribution is -2.31. The summed E-state index contributed by atoms with van der Waals surface area (Å²) in [7, 11) is 5.73. The second-order valence-corrected chi connectivity index (χ2v) is 6.63. The first-order valence-corrected chi connectivity index (χ1v) is 9.14. The molecule has 2 aromatic carbocycles. The summed E-state index contributed by atoms with van der Waals surface area (Å²) in [6.45, 7) is 0. The van der Waals surface area contributed by atoms with Crippen LogP contribution >= 0.6 is 0 Å². The average molecular weight is 412 g/mol. The lowest BCUT2D eigenvalue weighted by atomic mass is 9.88. The van der Waals surface area contributed by atoms with Crippen molar-refractivity contribution in [1.29, 1.82) is 0 Å². The van der Waals surface area contributed by atoms with E-state index in [-0.39, 0.29) is 5.56 Å². The molecule has 1 aromatic heterocycles. The zero-order valence-corrected chi connectivity index (χ0v) is 16.9.